The van der Waals surface area contributed by atoms with Crippen LogP contribution in [0.25, 0.3) is 21.3 Å². The standard InChI is InChI=1S/C18H21N3O2S/c1-11-4-5-13(12(2)8-11)14-10-24-18-16(14)17(22)20-15(21-18)9-19-6-7-23-3/h4-5,8,10,19H,6-7,9H2,1-3H3,(H,20,21,22). The van der Waals surface area contributed by atoms with Gasteiger partial charge >= 0.3 is 0 Å². The lowest BCUT2D eigenvalue weighted by atomic mass is 9.99. The molecule has 5 nitrogen and oxygen atoms in total. The first-order chi connectivity index (χ1) is 11.6. The minimum absolute atomic E-state index is 0.0835. The molecule has 0 aliphatic carbocycles. The molecule has 126 valence electrons. The van der Waals surface area contributed by atoms with Gasteiger partial charge in [0.2, 0.25) is 0 Å². The highest BCUT2D eigenvalue weighted by molar-refractivity contribution is 7.17. The molecule has 1 aromatic carbocycles. The Kier molecular flexibility index (Phi) is 5.08. The summed E-state index contributed by atoms with van der Waals surface area (Å²) >= 11 is 1.51. The van der Waals surface area contributed by atoms with E-state index in [1.165, 1.54) is 22.5 Å². The lowest BCUT2D eigenvalue weighted by Crippen LogP contribution is -2.22. The Morgan fingerprint density at radius 3 is 2.88 bits per heavy atom. The number of H-pyrrole nitrogens is 1. The molecule has 0 amide bonds. The molecule has 0 saturated carbocycles. The number of nitrogens with zero attached hydrogens (tertiary/aromatic N) is 1. The SMILES string of the molecule is COCCNCc1nc2scc(-c3ccc(C)cc3C)c2c(=O)[nH]1. The van der Waals surface area contributed by atoms with E-state index in [4.69, 9.17) is 4.74 Å². The number of aromatic nitrogens is 2. The summed E-state index contributed by atoms with van der Waals surface area (Å²) in [4.78, 5) is 20.8. The van der Waals surface area contributed by atoms with Gasteiger partial charge in [0.15, 0.2) is 0 Å². The summed E-state index contributed by atoms with van der Waals surface area (Å²) in [6.45, 7) is 6.01. The number of thiophene rings is 1. The van der Waals surface area contributed by atoms with Gasteiger partial charge in [0, 0.05) is 24.6 Å². The van der Waals surface area contributed by atoms with Gasteiger partial charge in [-0.25, -0.2) is 4.98 Å². The molecular weight excluding hydrogens is 322 g/mol. The van der Waals surface area contributed by atoms with Crippen molar-refractivity contribution in [3.63, 3.8) is 0 Å². The second-order valence-corrected chi connectivity index (χ2v) is 6.69. The minimum atomic E-state index is -0.0835. The molecule has 0 fully saturated rings. The van der Waals surface area contributed by atoms with Crippen molar-refractivity contribution in [3.05, 3.63) is 50.9 Å². The Bertz CT molecular complexity index is 914. The first-order valence-electron chi connectivity index (χ1n) is 7.88. The van der Waals surface area contributed by atoms with Crippen molar-refractivity contribution in [1.29, 1.82) is 0 Å². The first-order valence-corrected chi connectivity index (χ1v) is 8.76. The maximum atomic E-state index is 12.6. The van der Waals surface area contributed by atoms with Crippen LogP contribution in [0, 0.1) is 13.8 Å². The fourth-order valence-corrected chi connectivity index (χ4v) is 3.73. The number of hydrogen-bond acceptors (Lipinski definition) is 5. The summed E-state index contributed by atoms with van der Waals surface area (Å²) in [5.74, 6) is 0.651. The normalized spacial score (nSPS) is 11.3. The topological polar surface area (TPSA) is 67.0 Å². The fourth-order valence-electron chi connectivity index (χ4n) is 2.77. The summed E-state index contributed by atoms with van der Waals surface area (Å²) in [6.07, 6.45) is 0. The third-order valence-electron chi connectivity index (χ3n) is 3.94. The van der Waals surface area contributed by atoms with Crippen molar-refractivity contribution in [3.8, 4) is 11.1 Å². The monoisotopic (exact) mass is 343 g/mol. The zero-order valence-corrected chi connectivity index (χ0v) is 14.9. The predicted octanol–water partition coefficient (Wildman–Crippen LogP) is 3.00. The highest BCUT2D eigenvalue weighted by Crippen LogP contribution is 2.32. The van der Waals surface area contributed by atoms with Gasteiger partial charge in [0.25, 0.3) is 5.56 Å². The van der Waals surface area contributed by atoms with Crippen LogP contribution in [-0.4, -0.2) is 30.2 Å². The van der Waals surface area contributed by atoms with Crippen LogP contribution in [0.15, 0.2) is 28.4 Å². The van der Waals surface area contributed by atoms with Crippen LogP contribution in [0.4, 0.5) is 0 Å². The molecule has 2 N–H and O–H groups in total. The number of fused-ring (bicyclic) bond motifs is 1. The highest BCUT2D eigenvalue weighted by Gasteiger charge is 2.14. The molecule has 2 heterocycles. The van der Waals surface area contributed by atoms with E-state index in [-0.39, 0.29) is 5.56 Å². The summed E-state index contributed by atoms with van der Waals surface area (Å²) < 4.78 is 4.99. The molecular formula is C18H21N3O2S. The van der Waals surface area contributed by atoms with Crippen LogP contribution in [-0.2, 0) is 11.3 Å². The molecule has 0 bridgehead atoms. The minimum Gasteiger partial charge on any atom is -0.383 e. The van der Waals surface area contributed by atoms with Crippen molar-refractivity contribution >= 4 is 21.6 Å². The molecule has 3 rings (SSSR count). The smallest absolute Gasteiger partial charge is 0.260 e. The van der Waals surface area contributed by atoms with Gasteiger partial charge < -0.3 is 15.0 Å². The van der Waals surface area contributed by atoms with E-state index in [0.717, 1.165) is 22.5 Å². The molecule has 24 heavy (non-hydrogen) atoms. The van der Waals surface area contributed by atoms with Gasteiger partial charge in [-0.2, -0.15) is 0 Å². The fraction of sp³-hybridized carbons (Fsp3) is 0.333. The molecule has 0 unspecified atom stereocenters. The Morgan fingerprint density at radius 2 is 2.12 bits per heavy atom. The van der Waals surface area contributed by atoms with Crippen molar-refractivity contribution in [2.75, 3.05) is 20.3 Å². The molecule has 0 atom stereocenters. The van der Waals surface area contributed by atoms with E-state index >= 15 is 0 Å². The van der Waals surface area contributed by atoms with Crippen LogP contribution >= 0.6 is 11.3 Å². The number of rotatable bonds is 6. The van der Waals surface area contributed by atoms with Crippen LogP contribution in [0.3, 0.4) is 0 Å². The summed E-state index contributed by atoms with van der Waals surface area (Å²) in [5, 5.41) is 5.89. The summed E-state index contributed by atoms with van der Waals surface area (Å²) in [6, 6.07) is 6.28. The van der Waals surface area contributed by atoms with Crippen molar-refractivity contribution in [2.24, 2.45) is 0 Å². The average molecular weight is 343 g/mol. The molecule has 6 heteroatoms. The molecule has 0 radical (unpaired) electrons. The third-order valence-corrected chi connectivity index (χ3v) is 4.81. The predicted molar refractivity (Wildman–Crippen MR) is 98.7 cm³/mol. The molecule has 2 aromatic heterocycles. The van der Waals surface area contributed by atoms with Gasteiger partial charge in [0.1, 0.15) is 10.7 Å². The average Bonchev–Trinajstić information content (AvgIpc) is 2.96. The number of aromatic amines is 1. The Balaban J connectivity index is 1.96. The maximum Gasteiger partial charge on any atom is 0.260 e. The maximum absolute atomic E-state index is 12.6. The zero-order valence-electron chi connectivity index (χ0n) is 14.1. The van der Waals surface area contributed by atoms with E-state index in [9.17, 15) is 4.79 Å². The van der Waals surface area contributed by atoms with Gasteiger partial charge in [-0.15, -0.1) is 11.3 Å². The number of ether oxygens (including phenoxy) is 1. The van der Waals surface area contributed by atoms with Gasteiger partial charge in [0.05, 0.1) is 18.5 Å². The number of methoxy groups -OCH3 is 1. The number of nitrogens with one attached hydrogen (secondary N) is 2. The number of aryl methyl sites for hydroxylation is 2. The highest BCUT2D eigenvalue weighted by atomic mass is 32.1. The third kappa shape index (κ3) is 3.40. The van der Waals surface area contributed by atoms with E-state index in [1.54, 1.807) is 7.11 Å². The largest absolute Gasteiger partial charge is 0.383 e. The number of benzene rings is 1. The first kappa shape index (κ1) is 16.8. The molecule has 0 aliphatic rings. The van der Waals surface area contributed by atoms with E-state index in [0.29, 0.717) is 24.4 Å². The van der Waals surface area contributed by atoms with Crippen LogP contribution in [0.1, 0.15) is 17.0 Å². The van der Waals surface area contributed by atoms with E-state index < -0.39 is 0 Å². The molecule has 3 aromatic rings. The second-order valence-electron chi connectivity index (χ2n) is 5.83. The lowest BCUT2D eigenvalue weighted by Gasteiger charge is -2.06. The van der Waals surface area contributed by atoms with Crippen molar-refractivity contribution < 1.29 is 4.74 Å². The van der Waals surface area contributed by atoms with E-state index in [1.807, 2.05) is 5.38 Å². The quantitative estimate of drug-likeness (QED) is 0.675. The van der Waals surface area contributed by atoms with Crippen molar-refractivity contribution in [2.45, 2.75) is 20.4 Å². The Hall–Kier alpha value is -2.02. The Labute approximate surface area is 144 Å². The van der Waals surface area contributed by atoms with Gasteiger partial charge in [-0.3, -0.25) is 4.79 Å². The van der Waals surface area contributed by atoms with Gasteiger partial charge in [-0.1, -0.05) is 23.8 Å². The van der Waals surface area contributed by atoms with Crippen molar-refractivity contribution in [1.82, 2.24) is 15.3 Å². The van der Waals surface area contributed by atoms with Crippen LogP contribution in [0.2, 0.25) is 0 Å². The van der Waals surface area contributed by atoms with Crippen LogP contribution in [0.5, 0.6) is 0 Å². The molecule has 0 saturated heterocycles. The summed E-state index contributed by atoms with van der Waals surface area (Å²) in [7, 11) is 1.66. The Morgan fingerprint density at radius 1 is 1.29 bits per heavy atom. The lowest BCUT2D eigenvalue weighted by molar-refractivity contribution is 0.199. The van der Waals surface area contributed by atoms with Gasteiger partial charge in [-0.05, 0) is 25.0 Å². The molecule has 0 spiro atoms. The second kappa shape index (κ2) is 7.25. The number of hydrogen-bond donors (Lipinski definition) is 2. The summed E-state index contributed by atoms with van der Waals surface area (Å²) in [5.41, 5.74) is 4.34. The zero-order chi connectivity index (χ0) is 17.1. The van der Waals surface area contributed by atoms with E-state index in [2.05, 4.69) is 47.3 Å². The van der Waals surface area contributed by atoms with Crippen LogP contribution < -0.4 is 10.9 Å². The molecule has 0 aliphatic heterocycles.